The van der Waals surface area contributed by atoms with Crippen molar-refractivity contribution in [1.82, 2.24) is 19.6 Å². The number of carbonyl (C=O) groups is 1. The van der Waals surface area contributed by atoms with Crippen LogP contribution in [0.2, 0.25) is 0 Å². The summed E-state index contributed by atoms with van der Waals surface area (Å²) in [5.74, 6) is -0.113. The van der Waals surface area contributed by atoms with E-state index in [2.05, 4.69) is 23.2 Å². The molecular weight excluding hydrogens is 419 g/mol. The maximum absolute atomic E-state index is 11.6. The maximum atomic E-state index is 11.6. The number of β-amino-alcohol motifs (C(OH)–C–C–N with tert-alkyl or cyclic N) is 1. The number of pyridine rings is 1. The fourth-order valence-electron chi connectivity index (χ4n) is 3.38. The molecule has 1 aliphatic heterocycles. The molecule has 0 radical (unpaired) electrons. The van der Waals surface area contributed by atoms with Crippen molar-refractivity contribution < 1.29 is 9.90 Å². The van der Waals surface area contributed by atoms with Crippen LogP contribution in [0.25, 0.3) is 5.65 Å². The first-order valence-corrected chi connectivity index (χ1v) is 8.08. The molecule has 132 valence electrons. The van der Waals surface area contributed by atoms with Gasteiger partial charge in [-0.2, -0.15) is 0 Å². The lowest BCUT2D eigenvalue weighted by molar-refractivity contribution is -0.128. The third-order valence-electron chi connectivity index (χ3n) is 4.52. The molecule has 1 unspecified atom stereocenters. The van der Waals surface area contributed by atoms with Gasteiger partial charge in [0.2, 0.25) is 5.91 Å². The van der Waals surface area contributed by atoms with E-state index in [-0.39, 0.29) is 36.3 Å². The summed E-state index contributed by atoms with van der Waals surface area (Å²) in [5.41, 5.74) is 2.17. The SMILES string of the molecule is CNC(=O)CC1(O)CCCN(Cc2cn3cccc(C)c3n2)C1.I. The van der Waals surface area contributed by atoms with Gasteiger partial charge in [-0.1, -0.05) is 6.07 Å². The molecule has 7 heteroatoms. The van der Waals surface area contributed by atoms with Crippen molar-refractivity contribution in [3.63, 3.8) is 0 Å². The second kappa shape index (κ2) is 7.79. The van der Waals surface area contributed by atoms with Crippen molar-refractivity contribution in [2.24, 2.45) is 0 Å². The van der Waals surface area contributed by atoms with Gasteiger partial charge in [0, 0.05) is 32.5 Å². The lowest BCUT2D eigenvalue weighted by Crippen LogP contribution is -2.49. The zero-order valence-electron chi connectivity index (χ0n) is 14.2. The number of piperidine rings is 1. The molecule has 1 atom stereocenters. The first kappa shape index (κ1) is 19.1. The van der Waals surface area contributed by atoms with E-state index in [1.54, 1.807) is 7.05 Å². The lowest BCUT2D eigenvalue weighted by Gasteiger charge is -2.38. The third kappa shape index (κ3) is 4.25. The smallest absolute Gasteiger partial charge is 0.222 e. The molecule has 0 saturated carbocycles. The average Bonchev–Trinajstić information content (AvgIpc) is 2.90. The standard InChI is InChI=1S/C17H24N4O2.HI/c1-13-5-3-8-21-11-14(19-16(13)21)10-20-7-4-6-17(23,12-20)9-15(22)18-2;/h3,5,8,11,23H,4,6-7,9-10,12H2,1-2H3,(H,18,22);1H. The second-order valence-corrected chi connectivity index (χ2v) is 6.54. The highest BCUT2D eigenvalue weighted by molar-refractivity contribution is 14.0. The van der Waals surface area contributed by atoms with Gasteiger partial charge in [0.25, 0.3) is 0 Å². The highest BCUT2D eigenvalue weighted by atomic mass is 127. The van der Waals surface area contributed by atoms with Crippen LogP contribution >= 0.6 is 24.0 Å². The van der Waals surface area contributed by atoms with E-state index in [0.29, 0.717) is 19.5 Å². The molecule has 3 rings (SSSR count). The van der Waals surface area contributed by atoms with Crippen LogP contribution in [0.5, 0.6) is 0 Å². The van der Waals surface area contributed by atoms with E-state index in [1.165, 1.54) is 0 Å². The first-order valence-electron chi connectivity index (χ1n) is 8.08. The number of amides is 1. The minimum Gasteiger partial charge on any atom is -0.388 e. The van der Waals surface area contributed by atoms with Crippen molar-refractivity contribution in [3.8, 4) is 0 Å². The average molecular weight is 444 g/mol. The van der Waals surface area contributed by atoms with E-state index in [9.17, 15) is 9.90 Å². The van der Waals surface area contributed by atoms with Crippen molar-refractivity contribution in [1.29, 1.82) is 0 Å². The number of aromatic nitrogens is 2. The monoisotopic (exact) mass is 444 g/mol. The molecule has 6 nitrogen and oxygen atoms in total. The predicted molar refractivity (Wildman–Crippen MR) is 103 cm³/mol. The second-order valence-electron chi connectivity index (χ2n) is 6.54. The van der Waals surface area contributed by atoms with Crippen molar-refractivity contribution in [2.75, 3.05) is 20.1 Å². The summed E-state index contributed by atoms with van der Waals surface area (Å²) in [5, 5.41) is 13.3. The number of hydrogen-bond acceptors (Lipinski definition) is 4. The van der Waals surface area contributed by atoms with Crippen LogP contribution in [0.15, 0.2) is 24.5 Å². The zero-order valence-corrected chi connectivity index (χ0v) is 16.5. The fraction of sp³-hybridized carbons (Fsp3) is 0.529. The van der Waals surface area contributed by atoms with Crippen LogP contribution < -0.4 is 5.32 Å². The third-order valence-corrected chi connectivity index (χ3v) is 4.52. The molecule has 1 fully saturated rings. The van der Waals surface area contributed by atoms with Crippen LogP contribution in [-0.4, -0.2) is 51.0 Å². The van der Waals surface area contributed by atoms with Crippen LogP contribution in [0, 0.1) is 6.92 Å². The van der Waals surface area contributed by atoms with Gasteiger partial charge < -0.3 is 14.8 Å². The minimum absolute atomic E-state index is 0. The van der Waals surface area contributed by atoms with Crippen LogP contribution in [0.3, 0.4) is 0 Å². The number of aliphatic hydroxyl groups is 1. The Morgan fingerprint density at radius 1 is 1.50 bits per heavy atom. The molecule has 1 saturated heterocycles. The van der Waals surface area contributed by atoms with Gasteiger partial charge in [0.15, 0.2) is 0 Å². The van der Waals surface area contributed by atoms with Crippen LogP contribution in [0.4, 0.5) is 0 Å². The number of imidazole rings is 1. The summed E-state index contributed by atoms with van der Waals surface area (Å²) in [6, 6.07) is 4.06. The van der Waals surface area contributed by atoms with Crippen LogP contribution in [0.1, 0.15) is 30.5 Å². The Morgan fingerprint density at radius 2 is 2.29 bits per heavy atom. The summed E-state index contributed by atoms with van der Waals surface area (Å²) in [4.78, 5) is 18.5. The summed E-state index contributed by atoms with van der Waals surface area (Å²) < 4.78 is 2.03. The largest absolute Gasteiger partial charge is 0.388 e. The molecular formula is C17H25IN4O2. The zero-order chi connectivity index (χ0) is 16.4. The van der Waals surface area contributed by atoms with Crippen molar-refractivity contribution >= 4 is 35.5 Å². The number of hydrogen-bond donors (Lipinski definition) is 2. The Hall–Kier alpha value is -1.19. The molecule has 0 bridgehead atoms. The topological polar surface area (TPSA) is 69.9 Å². The van der Waals surface area contributed by atoms with Gasteiger partial charge in [-0.3, -0.25) is 9.69 Å². The number of nitrogens with one attached hydrogen (secondary N) is 1. The van der Waals surface area contributed by atoms with E-state index in [1.807, 2.05) is 22.9 Å². The summed E-state index contributed by atoms with van der Waals surface area (Å²) in [6.45, 7) is 4.17. The van der Waals surface area contributed by atoms with E-state index >= 15 is 0 Å². The van der Waals surface area contributed by atoms with Gasteiger partial charge in [0.1, 0.15) is 5.65 Å². The number of carbonyl (C=O) groups excluding carboxylic acids is 1. The van der Waals surface area contributed by atoms with Gasteiger partial charge >= 0.3 is 0 Å². The number of likely N-dealkylation sites (tertiary alicyclic amines) is 1. The van der Waals surface area contributed by atoms with E-state index in [4.69, 9.17) is 4.98 Å². The van der Waals surface area contributed by atoms with Gasteiger partial charge in [-0.05, 0) is 37.9 Å². The van der Waals surface area contributed by atoms with Crippen molar-refractivity contribution in [3.05, 3.63) is 35.8 Å². The molecule has 0 aromatic carbocycles. The summed E-state index contributed by atoms with van der Waals surface area (Å²) in [7, 11) is 1.60. The predicted octanol–water partition coefficient (Wildman–Crippen LogP) is 1.72. The highest BCUT2D eigenvalue weighted by Crippen LogP contribution is 2.25. The lowest BCUT2D eigenvalue weighted by atomic mass is 9.89. The van der Waals surface area contributed by atoms with Gasteiger partial charge in [-0.15, -0.1) is 24.0 Å². The maximum Gasteiger partial charge on any atom is 0.222 e. The highest BCUT2D eigenvalue weighted by Gasteiger charge is 2.35. The summed E-state index contributed by atoms with van der Waals surface area (Å²) >= 11 is 0. The van der Waals surface area contributed by atoms with Crippen molar-refractivity contribution in [2.45, 2.75) is 38.3 Å². The summed E-state index contributed by atoms with van der Waals surface area (Å²) in [6.07, 6.45) is 5.75. The van der Waals surface area contributed by atoms with E-state index in [0.717, 1.165) is 29.9 Å². The molecule has 1 amide bonds. The molecule has 2 aromatic rings. The molecule has 1 aliphatic rings. The van der Waals surface area contributed by atoms with Gasteiger partial charge in [0.05, 0.1) is 17.7 Å². The Bertz CT molecular complexity index is 718. The number of halogens is 1. The molecule has 2 aromatic heterocycles. The Balaban J connectivity index is 0.00000208. The fourth-order valence-corrected chi connectivity index (χ4v) is 3.38. The normalized spacial score (nSPS) is 21.5. The Labute approximate surface area is 159 Å². The quantitative estimate of drug-likeness (QED) is 0.705. The van der Waals surface area contributed by atoms with E-state index < -0.39 is 5.60 Å². The minimum atomic E-state index is -0.937. The van der Waals surface area contributed by atoms with Crippen LogP contribution in [-0.2, 0) is 11.3 Å². The Morgan fingerprint density at radius 3 is 3.00 bits per heavy atom. The first-order chi connectivity index (χ1) is 11.0. The number of nitrogens with zero attached hydrogens (tertiary/aromatic N) is 3. The molecule has 0 aliphatic carbocycles. The molecule has 3 heterocycles. The number of fused-ring (bicyclic) bond motifs is 1. The molecule has 24 heavy (non-hydrogen) atoms. The van der Waals surface area contributed by atoms with Gasteiger partial charge in [-0.25, -0.2) is 4.98 Å². The number of aryl methyl sites for hydroxylation is 1. The number of rotatable bonds is 4. The molecule has 2 N–H and O–H groups in total. The Kier molecular flexibility index (Phi) is 6.22. The molecule has 0 spiro atoms.